The van der Waals surface area contributed by atoms with E-state index in [1.165, 1.54) is 23.5 Å². The number of hydrogen-bond donors (Lipinski definition) is 2. The quantitative estimate of drug-likeness (QED) is 0.387. The second-order valence-corrected chi connectivity index (χ2v) is 7.53. The van der Waals surface area contributed by atoms with Crippen molar-refractivity contribution in [2.75, 3.05) is 25.6 Å². The number of ether oxygens (including phenoxy) is 2. The van der Waals surface area contributed by atoms with Crippen LogP contribution >= 0.6 is 0 Å². The minimum absolute atomic E-state index is 0.124. The predicted molar refractivity (Wildman–Crippen MR) is 127 cm³/mol. The van der Waals surface area contributed by atoms with Gasteiger partial charge in [-0.25, -0.2) is 14.8 Å². The predicted octanol–water partition coefficient (Wildman–Crippen LogP) is 4.62. The molecule has 0 unspecified atom stereocenters. The first-order valence-electron chi connectivity index (χ1n) is 10.7. The highest BCUT2D eigenvalue weighted by Crippen LogP contribution is 2.28. The van der Waals surface area contributed by atoms with Gasteiger partial charge in [-0.1, -0.05) is 6.07 Å². The molecule has 0 aliphatic carbocycles. The van der Waals surface area contributed by atoms with E-state index in [1.807, 2.05) is 25.1 Å². The van der Waals surface area contributed by atoms with Gasteiger partial charge in [-0.15, -0.1) is 0 Å². The number of carboxylic acids is 1. The molecule has 4 rings (SSSR count). The van der Waals surface area contributed by atoms with E-state index in [9.17, 15) is 9.90 Å². The van der Waals surface area contributed by atoms with Gasteiger partial charge in [0.15, 0.2) is 0 Å². The first-order chi connectivity index (χ1) is 16.0. The zero-order valence-electron chi connectivity index (χ0n) is 18.8. The lowest BCUT2D eigenvalue weighted by Crippen LogP contribution is -2.12. The maximum atomic E-state index is 11.4. The van der Waals surface area contributed by atoms with Gasteiger partial charge in [0, 0.05) is 41.9 Å². The number of nitrogens with one attached hydrogen (secondary N) is 1. The third-order valence-electron chi connectivity index (χ3n) is 5.43. The van der Waals surface area contributed by atoms with Gasteiger partial charge in [0.05, 0.1) is 24.9 Å². The topological polar surface area (TPSA) is 98.5 Å². The molecule has 4 aromatic rings. The normalized spacial score (nSPS) is 10.9. The number of aromatic nitrogens is 3. The van der Waals surface area contributed by atoms with Gasteiger partial charge < -0.3 is 24.5 Å². The minimum Gasteiger partial charge on any atom is -0.497 e. The summed E-state index contributed by atoms with van der Waals surface area (Å²) in [6.45, 7) is 5.70. The number of aryl methyl sites for hydroxylation is 1. The number of carboxylic acid groups (broad SMARTS) is 1. The molecular formula is C25H26N4O4. The molecule has 0 saturated carbocycles. The summed E-state index contributed by atoms with van der Waals surface area (Å²) in [5, 5.41) is 13.9. The number of benzene rings is 2. The Morgan fingerprint density at radius 3 is 2.73 bits per heavy atom. The van der Waals surface area contributed by atoms with Crippen molar-refractivity contribution in [2.45, 2.75) is 20.4 Å². The van der Waals surface area contributed by atoms with E-state index in [-0.39, 0.29) is 5.56 Å². The van der Waals surface area contributed by atoms with Crippen LogP contribution in [0.5, 0.6) is 11.5 Å². The van der Waals surface area contributed by atoms with Crippen LogP contribution < -0.4 is 14.8 Å². The number of aromatic carboxylic acids is 1. The summed E-state index contributed by atoms with van der Waals surface area (Å²) in [5.74, 6) is 0.809. The molecule has 0 spiro atoms. The first kappa shape index (κ1) is 22.1. The van der Waals surface area contributed by atoms with Crippen molar-refractivity contribution in [1.29, 1.82) is 0 Å². The summed E-state index contributed by atoms with van der Waals surface area (Å²) in [7, 11) is 1.67. The average Bonchev–Trinajstić information content (AvgIpc) is 3.13. The van der Waals surface area contributed by atoms with Crippen LogP contribution in [-0.4, -0.2) is 45.9 Å². The van der Waals surface area contributed by atoms with Crippen LogP contribution in [0.1, 0.15) is 23.0 Å². The van der Waals surface area contributed by atoms with Gasteiger partial charge in [0.2, 0.25) is 0 Å². The van der Waals surface area contributed by atoms with E-state index in [2.05, 4.69) is 38.9 Å². The van der Waals surface area contributed by atoms with E-state index in [0.29, 0.717) is 30.4 Å². The molecule has 8 heteroatoms. The Bertz CT molecular complexity index is 1300. The van der Waals surface area contributed by atoms with E-state index in [1.54, 1.807) is 19.2 Å². The van der Waals surface area contributed by atoms with Gasteiger partial charge in [0.25, 0.3) is 0 Å². The zero-order valence-corrected chi connectivity index (χ0v) is 18.8. The molecular weight excluding hydrogens is 420 g/mol. The van der Waals surface area contributed by atoms with Crippen molar-refractivity contribution in [1.82, 2.24) is 14.5 Å². The monoisotopic (exact) mass is 446 g/mol. The second kappa shape index (κ2) is 9.60. The summed E-state index contributed by atoms with van der Waals surface area (Å²) in [5.41, 5.74) is 3.86. The third-order valence-corrected chi connectivity index (χ3v) is 5.43. The lowest BCUT2D eigenvalue weighted by Gasteiger charge is -2.12. The second-order valence-electron chi connectivity index (χ2n) is 7.53. The zero-order chi connectivity index (χ0) is 23.4. The van der Waals surface area contributed by atoms with Gasteiger partial charge in [-0.3, -0.25) is 0 Å². The van der Waals surface area contributed by atoms with Gasteiger partial charge in [-0.2, -0.15) is 0 Å². The number of anilines is 1. The number of nitrogens with zero attached hydrogens (tertiary/aromatic N) is 3. The van der Waals surface area contributed by atoms with E-state index in [0.717, 1.165) is 23.4 Å². The SMILES string of the molecule is CCOc1cc(-c2cc(NCCn3c(C)cc4ccc(OC)cc43)ncn2)ccc1C(=O)O. The molecule has 0 amide bonds. The highest BCUT2D eigenvalue weighted by molar-refractivity contribution is 5.92. The molecule has 2 aromatic carbocycles. The smallest absolute Gasteiger partial charge is 0.339 e. The Balaban J connectivity index is 1.51. The highest BCUT2D eigenvalue weighted by Gasteiger charge is 2.13. The Morgan fingerprint density at radius 2 is 1.97 bits per heavy atom. The largest absolute Gasteiger partial charge is 0.497 e. The van der Waals surface area contributed by atoms with Crippen LogP contribution in [0.2, 0.25) is 0 Å². The molecule has 0 saturated heterocycles. The molecule has 2 heterocycles. The fourth-order valence-electron chi connectivity index (χ4n) is 3.84. The fraction of sp³-hybridized carbons (Fsp3) is 0.240. The number of methoxy groups -OCH3 is 1. The van der Waals surface area contributed by atoms with Crippen LogP contribution in [0.3, 0.4) is 0 Å². The van der Waals surface area contributed by atoms with Crippen LogP contribution in [-0.2, 0) is 6.54 Å². The molecule has 2 N–H and O–H groups in total. The molecule has 0 bridgehead atoms. The van der Waals surface area contributed by atoms with Gasteiger partial charge >= 0.3 is 5.97 Å². The number of rotatable bonds is 9. The van der Waals surface area contributed by atoms with Crippen molar-refractivity contribution >= 4 is 22.7 Å². The Kier molecular flexibility index (Phi) is 6.44. The van der Waals surface area contributed by atoms with Crippen LogP contribution in [0.4, 0.5) is 5.82 Å². The maximum Gasteiger partial charge on any atom is 0.339 e. The molecule has 170 valence electrons. The first-order valence-corrected chi connectivity index (χ1v) is 10.7. The highest BCUT2D eigenvalue weighted by atomic mass is 16.5. The summed E-state index contributed by atoms with van der Waals surface area (Å²) in [4.78, 5) is 20.1. The van der Waals surface area contributed by atoms with E-state index in [4.69, 9.17) is 9.47 Å². The molecule has 0 radical (unpaired) electrons. The summed E-state index contributed by atoms with van der Waals surface area (Å²) < 4.78 is 13.1. The van der Waals surface area contributed by atoms with Crippen LogP contribution in [0, 0.1) is 6.92 Å². The summed E-state index contributed by atoms with van der Waals surface area (Å²) in [6, 6.07) is 15.0. The molecule has 0 aliphatic heterocycles. The lowest BCUT2D eigenvalue weighted by atomic mass is 10.1. The Hall–Kier alpha value is -4.07. The molecule has 8 nitrogen and oxygen atoms in total. The minimum atomic E-state index is -1.03. The molecule has 2 aromatic heterocycles. The van der Waals surface area contributed by atoms with Gasteiger partial charge in [0.1, 0.15) is 29.2 Å². The summed E-state index contributed by atoms with van der Waals surface area (Å²) >= 11 is 0. The molecule has 0 fully saturated rings. The molecule has 0 aliphatic rings. The van der Waals surface area contributed by atoms with E-state index < -0.39 is 5.97 Å². The van der Waals surface area contributed by atoms with Crippen molar-refractivity contribution in [2.24, 2.45) is 0 Å². The Labute approximate surface area is 191 Å². The number of hydrogen-bond acceptors (Lipinski definition) is 6. The van der Waals surface area contributed by atoms with Crippen molar-refractivity contribution in [3.8, 4) is 22.8 Å². The van der Waals surface area contributed by atoms with Crippen LogP contribution in [0.15, 0.2) is 54.9 Å². The fourth-order valence-corrected chi connectivity index (χ4v) is 3.84. The molecule has 0 atom stereocenters. The lowest BCUT2D eigenvalue weighted by molar-refractivity contribution is 0.0692. The van der Waals surface area contributed by atoms with Crippen molar-refractivity contribution < 1.29 is 19.4 Å². The van der Waals surface area contributed by atoms with Gasteiger partial charge in [-0.05, 0) is 44.2 Å². The molecule has 33 heavy (non-hydrogen) atoms. The summed E-state index contributed by atoms with van der Waals surface area (Å²) in [6.07, 6.45) is 1.49. The van der Waals surface area contributed by atoms with Crippen molar-refractivity contribution in [3.63, 3.8) is 0 Å². The Morgan fingerprint density at radius 1 is 1.12 bits per heavy atom. The maximum absolute atomic E-state index is 11.4. The van der Waals surface area contributed by atoms with Crippen molar-refractivity contribution in [3.05, 3.63) is 66.1 Å². The third kappa shape index (κ3) is 4.74. The standard InChI is InChI=1S/C25H26N4O4/c1-4-33-23-12-17(6-8-20(23)25(30)31)21-14-24(28-15-27-21)26-9-10-29-16(2)11-18-5-7-19(32-3)13-22(18)29/h5-8,11-15H,4,9-10H2,1-3H3,(H,30,31)(H,26,27,28). The average molecular weight is 447 g/mol. The van der Waals surface area contributed by atoms with E-state index >= 15 is 0 Å². The number of carbonyl (C=O) groups is 1. The number of fused-ring (bicyclic) bond motifs is 1. The van der Waals surface area contributed by atoms with Crippen LogP contribution in [0.25, 0.3) is 22.2 Å².